The van der Waals surface area contributed by atoms with Crippen LogP contribution in [0.1, 0.15) is 25.0 Å². The van der Waals surface area contributed by atoms with Crippen LogP contribution in [0.4, 0.5) is 0 Å². The predicted octanol–water partition coefficient (Wildman–Crippen LogP) is 5.09. The molecule has 17 heavy (non-hydrogen) atoms. The highest BCUT2D eigenvalue weighted by atomic mass is 14.1. The zero-order valence-corrected chi connectivity index (χ0v) is 11.0. The van der Waals surface area contributed by atoms with E-state index in [1.807, 2.05) is 26.0 Å². The molecule has 88 valence electrons. The van der Waals surface area contributed by atoms with E-state index in [2.05, 4.69) is 50.4 Å². The lowest BCUT2D eigenvalue weighted by molar-refractivity contribution is 1.42. The van der Waals surface area contributed by atoms with Crippen LogP contribution in [0.15, 0.2) is 66.8 Å². The molecule has 1 aromatic carbocycles. The van der Waals surface area contributed by atoms with E-state index in [4.69, 9.17) is 0 Å². The predicted molar refractivity (Wildman–Crippen MR) is 77.9 cm³/mol. The Morgan fingerprint density at radius 2 is 1.71 bits per heavy atom. The van der Waals surface area contributed by atoms with Gasteiger partial charge in [-0.2, -0.15) is 0 Å². The highest BCUT2D eigenvalue weighted by Gasteiger charge is 2.05. The van der Waals surface area contributed by atoms with Crippen LogP contribution >= 0.6 is 0 Å². The first-order valence-electron chi connectivity index (χ1n) is 5.81. The van der Waals surface area contributed by atoms with Crippen LogP contribution in [0.3, 0.4) is 0 Å². The van der Waals surface area contributed by atoms with Crippen LogP contribution in [0.5, 0.6) is 0 Å². The lowest BCUT2D eigenvalue weighted by Crippen LogP contribution is -1.90. The molecule has 0 aromatic heterocycles. The van der Waals surface area contributed by atoms with Crippen LogP contribution in [0.2, 0.25) is 0 Å². The SMILES string of the molecule is C=C(C)/C(=C\C=C/C)C(=C)c1ccc(C)cc1. The van der Waals surface area contributed by atoms with Crippen molar-refractivity contribution in [1.82, 2.24) is 0 Å². The van der Waals surface area contributed by atoms with Gasteiger partial charge < -0.3 is 0 Å². The molecule has 0 heterocycles. The maximum absolute atomic E-state index is 4.17. The molecule has 1 aromatic rings. The third kappa shape index (κ3) is 3.60. The third-order valence-corrected chi connectivity index (χ3v) is 2.64. The lowest BCUT2D eigenvalue weighted by Gasteiger charge is -2.11. The summed E-state index contributed by atoms with van der Waals surface area (Å²) < 4.78 is 0. The topological polar surface area (TPSA) is 0 Å². The van der Waals surface area contributed by atoms with E-state index in [1.54, 1.807) is 0 Å². The fourth-order valence-electron chi connectivity index (χ4n) is 1.60. The van der Waals surface area contributed by atoms with Crippen molar-refractivity contribution in [2.45, 2.75) is 20.8 Å². The average Bonchev–Trinajstić information content (AvgIpc) is 2.29. The Morgan fingerprint density at radius 1 is 1.12 bits per heavy atom. The Balaban J connectivity index is 3.08. The number of allylic oxidation sites excluding steroid dienone is 6. The molecule has 0 nitrogen and oxygen atoms in total. The molecule has 0 radical (unpaired) electrons. The summed E-state index contributed by atoms with van der Waals surface area (Å²) >= 11 is 0. The van der Waals surface area contributed by atoms with Gasteiger partial charge in [-0.15, -0.1) is 0 Å². The van der Waals surface area contributed by atoms with Crippen molar-refractivity contribution in [1.29, 1.82) is 0 Å². The summed E-state index contributed by atoms with van der Waals surface area (Å²) in [7, 11) is 0. The second kappa shape index (κ2) is 6.05. The first kappa shape index (κ1) is 13.2. The fourth-order valence-corrected chi connectivity index (χ4v) is 1.60. The summed E-state index contributed by atoms with van der Waals surface area (Å²) in [5, 5.41) is 0. The Labute approximate surface area is 105 Å². The molecule has 0 spiro atoms. The number of rotatable bonds is 4. The van der Waals surface area contributed by atoms with Crippen LogP contribution in [-0.2, 0) is 0 Å². The molecular formula is C17H20. The van der Waals surface area contributed by atoms with Gasteiger partial charge in [0.2, 0.25) is 0 Å². The van der Waals surface area contributed by atoms with E-state index >= 15 is 0 Å². The van der Waals surface area contributed by atoms with E-state index in [-0.39, 0.29) is 0 Å². The molecule has 0 unspecified atom stereocenters. The molecule has 0 aliphatic rings. The number of aryl methyl sites for hydroxylation is 1. The normalized spacial score (nSPS) is 11.8. The van der Waals surface area contributed by atoms with Crippen molar-refractivity contribution in [2.24, 2.45) is 0 Å². The average molecular weight is 224 g/mol. The lowest BCUT2D eigenvalue weighted by atomic mass is 9.94. The summed E-state index contributed by atoms with van der Waals surface area (Å²) in [6.07, 6.45) is 6.08. The van der Waals surface area contributed by atoms with Crippen molar-refractivity contribution in [3.05, 3.63) is 77.9 Å². The van der Waals surface area contributed by atoms with Crippen LogP contribution < -0.4 is 0 Å². The first-order chi connectivity index (χ1) is 8.06. The summed E-state index contributed by atoms with van der Waals surface area (Å²) in [6, 6.07) is 8.41. The minimum atomic E-state index is 1.02. The van der Waals surface area contributed by atoms with Crippen molar-refractivity contribution >= 4 is 5.57 Å². The number of hydrogen-bond donors (Lipinski definition) is 0. The van der Waals surface area contributed by atoms with Gasteiger partial charge in [-0.05, 0) is 37.5 Å². The molecule has 0 fully saturated rings. The van der Waals surface area contributed by atoms with Gasteiger partial charge >= 0.3 is 0 Å². The Hall–Kier alpha value is -1.82. The largest absolute Gasteiger partial charge is 0.0955 e. The highest BCUT2D eigenvalue weighted by molar-refractivity contribution is 5.82. The molecule has 1 rings (SSSR count). The Kier molecular flexibility index (Phi) is 4.71. The summed E-state index contributed by atoms with van der Waals surface area (Å²) in [5.74, 6) is 0. The number of hydrogen-bond acceptors (Lipinski definition) is 0. The molecule has 0 saturated carbocycles. The minimum absolute atomic E-state index is 1.02. The molecule has 0 aliphatic carbocycles. The Bertz CT molecular complexity index is 467. The third-order valence-electron chi connectivity index (χ3n) is 2.64. The number of benzene rings is 1. The smallest absolute Gasteiger partial charge is 0.0161 e. The second-order valence-corrected chi connectivity index (χ2v) is 4.23. The van der Waals surface area contributed by atoms with Gasteiger partial charge in [-0.3, -0.25) is 0 Å². The zero-order chi connectivity index (χ0) is 12.8. The Morgan fingerprint density at radius 3 is 2.18 bits per heavy atom. The van der Waals surface area contributed by atoms with E-state index in [9.17, 15) is 0 Å². The monoisotopic (exact) mass is 224 g/mol. The van der Waals surface area contributed by atoms with Crippen LogP contribution in [-0.4, -0.2) is 0 Å². The molecule has 0 heteroatoms. The van der Waals surface area contributed by atoms with Crippen molar-refractivity contribution in [3.8, 4) is 0 Å². The van der Waals surface area contributed by atoms with Crippen LogP contribution in [0, 0.1) is 6.92 Å². The van der Waals surface area contributed by atoms with Gasteiger partial charge in [0, 0.05) is 0 Å². The molecule has 0 amide bonds. The van der Waals surface area contributed by atoms with Gasteiger partial charge in [0.1, 0.15) is 0 Å². The standard InChI is InChI=1S/C17H20/c1-6-7-8-17(13(2)3)15(5)16-11-9-14(4)10-12-16/h6-12H,2,5H2,1,3-4H3/b7-6-,17-8+. The van der Waals surface area contributed by atoms with Gasteiger partial charge in [0.15, 0.2) is 0 Å². The van der Waals surface area contributed by atoms with Gasteiger partial charge in [-0.1, -0.05) is 66.8 Å². The molecular weight excluding hydrogens is 204 g/mol. The summed E-state index contributed by atoms with van der Waals surface area (Å²) in [5.41, 5.74) is 5.57. The molecule has 0 N–H and O–H groups in total. The molecule has 0 aliphatic heterocycles. The van der Waals surface area contributed by atoms with Gasteiger partial charge in [-0.25, -0.2) is 0 Å². The van der Waals surface area contributed by atoms with E-state index in [1.165, 1.54) is 5.56 Å². The maximum atomic E-state index is 4.17. The van der Waals surface area contributed by atoms with E-state index in [0.29, 0.717) is 0 Å². The van der Waals surface area contributed by atoms with Crippen molar-refractivity contribution < 1.29 is 0 Å². The first-order valence-corrected chi connectivity index (χ1v) is 5.81. The molecule has 0 atom stereocenters. The molecule has 0 saturated heterocycles. The van der Waals surface area contributed by atoms with Gasteiger partial charge in [0.25, 0.3) is 0 Å². The van der Waals surface area contributed by atoms with Gasteiger partial charge in [0.05, 0.1) is 0 Å². The van der Waals surface area contributed by atoms with E-state index < -0.39 is 0 Å². The molecule has 0 bridgehead atoms. The van der Waals surface area contributed by atoms with E-state index in [0.717, 1.165) is 22.3 Å². The minimum Gasteiger partial charge on any atom is -0.0955 e. The highest BCUT2D eigenvalue weighted by Crippen LogP contribution is 2.26. The van der Waals surface area contributed by atoms with Crippen molar-refractivity contribution in [3.63, 3.8) is 0 Å². The summed E-state index contributed by atoms with van der Waals surface area (Å²) in [4.78, 5) is 0. The van der Waals surface area contributed by atoms with Crippen LogP contribution in [0.25, 0.3) is 5.57 Å². The zero-order valence-electron chi connectivity index (χ0n) is 11.0. The fraction of sp³-hybridized carbons (Fsp3) is 0.176. The summed E-state index contributed by atoms with van der Waals surface area (Å²) in [6.45, 7) is 14.3. The van der Waals surface area contributed by atoms with Crippen molar-refractivity contribution in [2.75, 3.05) is 0 Å². The maximum Gasteiger partial charge on any atom is -0.0161 e. The second-order valence-electron chi connectivity index (χ2n) is 4.23. The quantitative estimate of drug-likeness (QED) is 0.625.